The van der Waals surface area contributed by atoms with Crippen LogP contribution in [0.5, 0.6) is 0 Å². The van der Waals surface area contributed by atoms with E-state index in [0.29, 0.717) is 5.82 Å². The van der Waals surface area contributed by atoms with Gasteiger partial charge in [-0.2, -0.15) is 0 Å². The lowest BCUT2D eigenvalue weighted by Crippen LogP contribution is -2.39. The molecule has 0 N–H and O–H groups in total. The molecule has 2 aromatic heterocycles. The number of benzene rings is 5. The predicted octanol–water partition coefficient (Wildman–Crippen LogP) is 8.89. The summed E-state index contributed by atoms with van der Waals surface area (Å²) in [5, 5.41) is 14.7. The van der Waals surface area contributed by atoms with E-state index in [-0.39, 0.29) is 0 Å². The monoisotopic (exact) mass is 636 g/mol. The van der Waals surface area contributed by atoms with E-state index in [4.69, 9.17) is 15.4 Å². The Morgan fingerprint density at radius 1 is 0.653 bits per heavy atom. The van der Waals surface area contributed by atoms with E-state index in [1.807, 2.05) is 24.3 Å². The van der Waals surface area contributed by atoms with Crippen molar-refractivity contribution < 1.29 is 0 Å². The van der Waals surface area contributed by atoms with Gasteiger partial charge in [-0.3, -0.25) is 4.98 Å². The fourth-order valence-corrected chi connectivity index (χ4v) is 7.12. The predicted molar refractivity (Wildman–Crippen MR) is 197 cm³/mol. The highest BCUT2D eigenvalue weighted by Gasteiger charge is 2.41. The summed E-state index contributed by atoms with van der Waals surface area (Å²) in [4.78, 5) is 8.87. The van der Waals surface area contributed by atoms with Gasteiger partial charge in [0.2, 0.25) is 5.82 Å². The number of pyridine rings is 1. The van der Waals surface area contributed by atoms with Gasteiger partial charge in [-0.05, 0) is 58.5 Å². The van der Waals surface area contributed by atoms with Crippen LogP contribution in [0.2, 0.25) is 0 Å². The first-order chi connectivity index (χ1) is 24.1. The molecule has 7 aromatic rings. The number of hydrogen-bond acceptors (Lipinski definition) is 5. The number of nitrogens with zero attached hydrogens (tertiary/aromatic N) is 6. The highest BCUT2D eigenvalue weighted by Crippen LogP contribution is 2.40. The molecule has 0 unspecified atom stereocenters. The quantitative estimate of drug-likeness (QED) is 0.156. The first kappa shape index (κ1) is 30.2. The van der Waals surface area contributed by atoms with Crippen LogP contribution in [-0.4, -0.2) is 31.7 Å². The lowest BCUT2D eigenvalue weighted by molar-refractivity contribution is 0.396. The van der Waals surface area contributed by atoms with Gasteiger partial charge in [0.05, 0.1) is 0 Å². The topological polar surface area (TPSA) is 59.7 Å². The molecular formula is C43H36N6. The average Bonchev–Trinajstić information content (AvgIpc) is 3.64. The van der Waals surface area contributed by atoms with Crippen LogP contribution in [-0.2, 0) is 12.1 Å². The van der Waals surface area contributed by atoms with Crippen molar-refractivity contribution in [3.63, 3.8) is 0 Å². The van der Waals surface area contributed by atoms with Crippen molar-refractivity contribution in [2.45, 2.75) is 25.9 Å². The van der Waals surface area contributed by atoms with Crippen molar-refractivity contribution in [1.29, 1.82) is 0 Å². The minimum absolute atomic E-state index is 0.572. The van der Waals surface area contributed by atoms with Crippen molar-refractivity contribution in [2.24, 2.45) is 0 Å². The summed E-state index contributed by atoms with van der Waals surface area (Å²) >= 11 is 0. The molecule has 0 radical (unpaired) electrons. The number of aromatic nitrogens is 5. The Morgan fingerprint density at radius 2 is 1.22 bits per heavy atom. The molecule has 3 heterocycles. The molecule has 0 fully saturated rings. The number of fused-ring (bicyclic) bond motifs is 1. The lowest BCUT2D eigenvalue weighted by Gasteiger charge is -2.34. The molecule has 49 heavy (non-hydrogen) atoms. The first-order valence-corrected chi connectivity index (χ1v) is 16.7. The SMILES string of the molecule is Cc1cc2c(c(C)n1)C=CCN2Cc1ccc(-c2ccccc2-c2nnn(C(c3ccccc3)(c3ccccc3)c3ccccc3)n2)cc1. The van der Waals surface area contributed by atoms with Gasteiger partial charge in [-0.25, -0.2) is 0 Å². The summed E-state index contributed by atoms with van der Waals surface area (Å²) in [6, 6.07) is 50.6. The van der Waals surface area contributed by atoms with Crippen LogP contribution in [0.1, 0.15) is 39.2 Å². The summed E-state index contributed by atoms with van der Waals surface area (Å²) in [5.74, 6) is 0.572. The molecule has 0 bridgehead atoms. The molecule has 0 amide bonds. The molecule has 8 rings (SSSR count). The minimum Gasteiger partial charge on any atom is -0.363 e. The Labute approximate surface area is 287 Å². The van der Waals surface area contributed by atoms with Crippen LogP contribution < -0.4 is 4.90 Å². The maximum absolute atomic E-state index is 5.17. The first-order valence-electron chi connectivity index (χ1n) is 16.7. The van der Waals surface area contributed by atoms with Gasteiger partial charge in [0.15, 0.2) is 5.54 Å². The van der Waals surface area contributed by atoms with E-state index in [1.54, 1.807) is 4.80 Å². The number of aryl methyl sites for hydroxylation is 2. The van der Waals surface area contributed by atoms with E-state index in [9.17, 15) is 0 Å². The Kier molecular flexibility index (Phi) is 7.90. The van der Waals surface area contributed by atoms with E-state index in [2.05, 4.69) is 157 Å². The van der Waals surface area contributed by atoms with Crippen molar-refractivity contribution in [3.05, 3.63) is 191 Å². The fraction of sp³-hybridized carbons (Fsp3) is 0.116. The van der Waals surface area contributed by atoms with E-state index in [1.165, 1.54) is 16.8 Å². The molecule has 0 saturated heterocycles. The van der Waals surface area contributed by atoms with Gasteiger partial charge < -0.3 is 4.90 Å². The molecule has 1 aliphatic rings. The molecular weight excluding hydrogens is 601 g/mol. The van der Waals surface area contributed by atoms with E-state index >= 15 is 0 Å². The number of rotatable bonds is 8. The van der Waals surface area contributed by atoms with Crippen molar-refractivity contribution in [2.75, 3.05) is 11.4 Å². The minimum atomic E-state index is -0.832. The second-order valence-electron chi connectivity index (χ2n) is 12.5. The zero-order chi connectivity index (χ0) is 33.2. The Morgan fingerprint density at radius 3 is 1.84 bits per heavy atom. The smallest absolute Gasteiger partial charge is 0.205 e. The summed E-state index contributed by atoms with van der Waals surface area (Å²) in [6.45, 7) is 5.84. The third-order valence-electron chi connectivity index (χ3n) is 9.40. The molecule has 5 aromatic carbocycles. The van der Waals surface area contributed by atoms with Gasteiger partial charge in [0.1, 0.15) is 0 Å². The van der Waals surface area contributed by atoms with Crippen LogP contribution in [0.4, 0.5) is 5.69 Å². The van der Waals surface area contributed by atoms with Crippen LogP contribution in [0, 0.1) is 13.8 Å². The molecule has 0 atom stereocenters. The number of tetrazole rings is 1. The highest BCUT2D eigenvalue weighted by atomic mass is 15.6. The molecule has 6 heteroatoms. The Hall–Kier alpha value is -6.14. The van der Waals surface area contributed by atoms with E-state index in [0.717, 1.165) is 57.9 Å². The standard InChI is InChI=1S/C43H36N6/c1-31-29-41-38(32(2)44-31)23-14-28-48(41)30-33-24-26-34(27-25-33)39-21-12-13-22-40(39)42-45-47-49(46-42)43(35-15-6-3-7-16-35,36-17-8-4-9-18-36)37-19-10-5-11-20-37/h3-27,29H,28,30H2,1-2H3. The molecule has 238 valence electrons. The van der Waals surface area contributed by atoms with Crippen LogP contribution >= 0.6 is 0 Å². The van der Waals surface area contributed by atoms with Crippen molar-refractivity contribution in [3.8, 4) is 22.5 Å². The molecule has 0 spiro atoms. The third-order valence-corrected chi connectivity index (χ3v) is 9.40. The third kappa shape index (κ3) is 5.51. The average molecular weight is 637 g/mol. The second kappa shape index (κ2) is 12.8. The Bertz CT molecular complexity index is 2140. The molecule has 6 nitrogen and oxygen atoms in total. The maximum Gasteiger partial charge on any atom is 0.205 e. The normalized spacial score (nSPS) is 12.6. The zero-order valence-corrected chi connectivity index (χ0v) is 27.6. The van der Waals surface area contributed by atoms with E-state index < -0.39 is 5.54 Å². The summed E-state index contributed by atoms with van der Waals surface area (Å²) < 4.78 is 0. The van der Waals surface area contributed by atoms with Crippen LogP contribution in [0.15, 0.2) is 152 Å². The van der Waals surface area contributed by atoms with Gasteiger partial charge in [-0.1, -0.05) is 152 Å². The maximum atomic E-state index is 5.17. The van der Waals surface area contributed by atoms with Gasteiger partial charge in [0.25, 0.3) is 0 Å². The second-order valence-corrected chi connectivity index (χ2v) is 12.5. The van der Waals surface area contributed by atoms with Gasteiger partial charge in [-0.15, -0.1) is 15.0 Å². The Balaban J connectivity index is 1.17. The number of hydrogen-bond donors (Lipinski definition) is 0. The van der Waals surface area contributed by atoms with Gasteiger partial charge in [0, 0.05) is 41.3 Å². The van der Waals surface area contributed by atoms with Crippen LogP contribution in [0.3, 0.4) is 0 Å². The number of anilines is 1. The largest absolute Gasteiger partial charge is 0.363 e. The highest BCUT2D eigenvalue weighted by molar-refractivity contribution is 5.80. The lowest BCUT2D eigenvalue weighted by atomic mass is 9.77. The molecule has 0 saturated carbocycles. The summed E-state index contributed by atoms with van der Waals surface area (Å²) in [7, 11) is 0. The zero-order valence-electron chi connectivity index (χ0n) is 27.6. The fourth-order valence-electron chi connectivity index (χ4n) is 7.12. The van der Waals surface area contributed by atoms with Crippen molar-refractivity contribution in [1.82, 2.24) is 25.2 Å². The molecule has 0 aliphatic carbocycles. The van der Waals surface area contributed by atoms with Crippen molar-refractivity contribution >= 4 is 11.8 Å². The van der Waals surface area contributed by atoms with Gasteiger partial charge >= 0.3 is 0 Å². The molecule has 1 aliphatic heterocycles. The summed E-state index contributed by atoms with van der Waals surface area (Å²) in [5.41, 5.74) is 11.2. The summed E-state index contributed by atoms with van der Waals surface area (Å²) in [6.07, 6.45) is 4.42. The van der Waals surface area contributed by atoms with Crippen LogP contribution in [0.25, 0.3) is 28.6 Å².